The Labute approximate surface area is 222 Å². The van der Waals surface area contributed by atoms with Gasteiger partial charge < -0.3 is 21.4 Å². The Kier molecular flexibility index (Phi) is 10.2. The first-order valence-electron chi connectivity index (χ1n) is 11.1. The monoisotopic (exact) mass is 568 g/mol. The lowest BCUT2D eigenvalue weighted by atomic mass is 10.1. The van der Waals surface area contributed by atoms with Crippen LogP contribution in [0, 0.1) is 16.5 Å². The molecule has 1 amide bonds. The van der Waals surface area contributed by atoms with Gasteiger partial charge >= 0.3 is 18.1 Å². The number of nitriles is 1. The second-order valence-corrected chi connectivity index (χ2v) is 7.98. The van der Waals surface area contributed by atoms with Gasteiger partial charge in [0.1, 0.15) is 18.3 Å². The van der Waals surface area contributed by atoms with Crippen LogP contribution >= 0.6 is 0 Å². The number of carboxylic acid groups (broad SMARTS) is 1. The molecule has 3 rings (SSSR count). The molecule has 0 aliphatic heterocycles. The van der Waals surface area contributed by atoms with Crippen LogP contribution in [0.25, 0.3) is 0 Å². The highest BCUT2D eigenvalue weighted by Gasteiger charge is 2.40. The van der Waals surface area contributed by atoms with Crippen molar-refractivity contribution in [1.82, 2.24) is 9.55 Å². The zero-order valence-electron chi connectivity index (χ0n) is 20.4. The Hall–Kier alpha value is -5.07. The van der Waals surface area contributed by atoms with Gasteiger partial charge in [-0.15, -0.1) is 0 Å². The summed E-state index contributed by atoms with van der Waals surface area (Å²) in [4.78, 5) is 37.3. The number of nitrogens with two attached hydrogens (primary N) is 1. The summed E-state index contributed by atoms with van der Waals surface area (Å²) in [5.74, 6) is -7.76. The van der Waals surface area contributed by atoms with Crippen LogP contribution in [-0.4, -0.2) is 39.3 Å². The minimum Gasteiger partial charge on any atom is -0.618 e. The number of nitrogens with zero attached hydrogens (tertiary/aromatic N) is 4. The number of carbonyl (C=O) groups is 2. The van der Waals surface area contributed by atoms with E-state index in [9.17, 15) is 42.0 Å². The maximum absolute atomic E-state index is 14.6. The van der Waals surface area contributed by atoms with Crippen molar-refractivity contribution < 1.29 is 41.4 Å². The van der Waals surface area contributed by atoms with E-state index in [0.29, 0.717) is 6.42 Å². The number of rotatable bonds is 9. The lowest BCUT2D eigenvalue weighted by Crippen LogP contribution is -2.42. The van der Waals surface area contributed by atoms with Gasteiger partial charge in [0.05, 0.1) is 12.2 Å². The van der Waals surface area contributed by atoms with Gasteiger partial charge in [0, 0.05) is 12.1 Å². The zero-order chi connectivity index (χ0) is 30.1. The maximum atomic E-state index is 14.6. The standard InChI is InChI=1S/C22H20F2N6O3.C2HF3O2/c23-22(24,18-8-4-5-11-30(18)33)14-27-20-21(32)29(13-19(26)31)17(12-25)16(28-20)10-9-15-6-2-1-3-7-15;3-2(4,5)1(6)7/h1-8,11H,9-10,13-14H2,(H2,26,31)(H,27,28);(H,6,7). The summed E-state index contributed by atoms with van der Waals surface area (Å²) in [6.07, 6.45) is -3.49. The van der Waals surface area contributed by atoms with Gasteiger partial charge in [-0.2, -0.15) is 31.9 Å². The van der Waals surface area contributed by atoms with Crippen molar-refractivity contribution >= 4 is 17.7 Å². The number of nitrogens with one attached hydrogen (secondary N) is 1. The van der Waals surface area contributed by atoms with Crippen molar-refractivity contribution in [2.24, 2.45) is 5.73 Å². The molecule has 212 valence electrons. The van der Waals surface area contributed by atoms with E-state index < -0.39 is 54.1 Å². The normalized spacial score (nSPS) is 11.1. The molecule has 4 N–H and O–H groups in total. The smallest absolute Gasteiger partial charge is 0.490 e. The SMILES string of the molecule is N#Cc1c(CCc2ccccc2)nc(NCC(F)(F)c2cccc[n+]2[O-])c(=O)n1CC(N)=O.O=C(O)C(F)(F)F. The van der Waals surface area contributed by atoms with Crippen LogP contribution < -0.4 is 21.3 Å². The highest BCUT2D eigenvalue weighted by atomic mass is 19.4. The number of amides is 1. The number of aromatic nitrogens is 3. The van der Waals surface area contributed by atoms with Gasteiger partial charge in [0.2, 0.25) is 5.91 Å². The van der Waals surface area contributed by atoms with Crippen LogP contribution in [0.4, 0.5) is 27.8 Å². The number of halogens is 5. The number of aliphatic carboxylic acids is 1. The molecule has 0 saturated heterocycles. The van der Waals surface area contributed by atoms with Crippen LogP contribution in [0.15, 0.2) is 59.5 Å². The maximum Gasteiger partial charge on any atom is 0.490 e. The highest BCUT2D eigenvalue weighted by molar-refractivity contribution is 5.74. The second-order valence-electron chi connectivity index (χ2n) is 7.98. The van der Waals surface area contributed by atoms with Crippen molar-refractivity contribution in [3.8, 4) is 6.07 Å². The van der Waals surface area contributed by atoms with E-state index in [1.54, 1.807) is 0 Å². The van der Waals surface area contributed by atoms with E-state index in [0.717, 1.165) is 22.4 Å². The Morgan fingerprint density at radius 2 is 1.70 bits per heavy atom. The van der Waals surface area contributed by atoms with Gasteiger partial charge in [-0.3, -0.25) is 14.2 Å². The van der Waals surface area contributed by atoms with E-state index in [1.807, 2.05) is 36.4 Å². The molecule has 1 aromatic carbocycles. The molecule has 0 aliphatic rings. The number of aryl methyl sites for hydroxylation is 2. The third-order valence-electron chi connectivity index (χ3n) is 5.07. The van der Waals surface area contributed by atoms with Gasteiger partial charge in [0.15, 0.2) is 12.0 Å². The number of benzene rings is 1. The lowest BCUT2D eigenvalue weighted by molar-refractivity contribution is -0.624. The summed E-state index contributed by atoms with van der Waals surface area (Å²) >= 11 is 0. The van der Waals surface area contributed by atoms with Gasteiger partial charge in [-0.25, -0.2) is 9.78 Å². The first kappa shape index (κ1) is 31.1. The molecule has 40 heavy (non-hydrogen) atoms. The largest absolute Gasteiger partial charge is 0.618 e. The second kappa shape index (κ2) is 13.1. The number of hydrogen-bond acceptors (Lipinski definition) is 7. The van der Waals surface area contributed by atoms with Crippen LogP contribution in [-0.2, 0) is 34.9 Å². The molecule has 16 heteroatoms. The number of pyridine rings is 1. The summed E-state index contributed by atoms with van der Waals surface area (Å²) < 4.78 is 61.8. The average Bonchev–Trinajstić information content (AvgIpc) is 2.88. The molecule has 11 nitrogen and oxygen atoms in total. The number of alkyl halides is 5. The Balaban J connectivity index is 0.000000708. The fourth-order valence-electron chi connectivity index (χ4n) is 3.25. The first-order chi connectivity index (χ1) is 18.7. The van der Waals surface area contributed by atoms with Crippen molar-refractivity contribution in [2.75, 3.05) is 11.9 Å². The molecule has 2 aromatic heterocycles. The fraction of sp³-hybridized carbons (Fsp3) is 0.250. The number of carbonyl (C=O) groups excluding carboxylic acids is 1. The molecular weight excluding hydrogens is 547 g/mol. The number of anilines is 1. The predicted molar refractivity (Wildman–Crippen MR) is 128 cm³/mol. The Bertz CT molecular complexity index is 1460. The Morgan fingerprint density at radius 1 is 1.10 bits per heavy atom. The van der Waals surface area contributed by atoms with Crippen molar-refractivity contribution in [3.05, 3.63) is 92.9 Å². The molecule has 2 heterocycles. The minimum atomic E-state index is -5.08. The molecule has 0 unspecified atom stereocenters. The molecule has 0 spiro atoms. The van der Waals surface area contributed by atoms with Crippen LogP contribution in [0.5, 0.6) is 0 Å². The number of hydrogen-bond donors (Lipinski definition) is 3. The van der Waals surface area contributed by atoms with E-state index in [2.05, 4.69) is 10.3 Å². The molecule has 0 radical (unpaired) electrons. The third-order valence-corrected chi connectivity index (χ3v) is 5.07. The van der Waals surface area contributed by atoms with Crippen molar-refractivity contribution in [2.45, 2.75) is 31.5 Å². The molecule has 3 aromatic rings. The van der Waals surface area contributed by atoms with Gasteiger partial charge in [-0.05, 0) is 24.5 Å². The highest BCUT2D eigenvalue weighted by Crippen LogP contribution is 2.25. The molecule has 0 atom stereocenters. The van der Waals surface area contributed by atoms with E-state index in [1.165, 1.54) is 12.1 Å². The Morgan fingerprint density at radius 3 is 2.23 bits per heavy atom. The van der Waals surface area contributed by atoms with E-state index in [4.69, 9.17) is 15.6 Å². The van der Waals surface area contributed by atoms with Crippen molar-refractivity contribution in [1.29, 1.82) is 5.26 Å². The number of primary amides is 1. The van der Waals surface area contributed by atoms with Gasteiger partial charge in [-0.1, -0.05) is 30.3 Å². The molecule has 0 aliphatic carbocycles. The third kappa shape index (κ3) is 8.48. The molecule has 0 saturated carbocycles. The molecule has 0 bridgehead atoms. The summed E-state index contributed by atoms with van der Waals surface area (Å²) in [5.41, 5.74) is 4.35. The van der Waals surface area contributed by atoms with Crippen LogP contribution in [0.3, 0.4) is 0 Å². The summed E-state index contributed by atoms with van der Waals surface area (Å²) in [5, 5.41) is 30.7. The first-order valence-corrected chi connectivity index (χ1v) is 11.1. The fourth-order valence-corrected chi connectivity index (χ4v) is 3.25. The van der Waals surface area contributed by atoms with Crippen LogP contribution in [0.2, 0.25) is 0 Å². The summed E-state index contributed by atoms with van der Waals surface area (Å²) in [7, 11) is 0. The van der Waals surface area contributed by atoms with E-state index >= 15 is 0 Å². The van der Waals surface area contributed by atoms with Crippen LogP contribution in [0.1, 0.15) is 22.6 Å². The molecular formula is C24H21F5N6O5. The predicted octanol–water partition coefficient (Wildman–Crippen LogP) is 1.86. The zero-order valence-corrected chi connectivity index (χ0v) is 20.4. The number of carboxylic acids is 1. The summed E-state index contributed by atoms with van der Waals surface area (Å²) in [6.45, 7) is -1.73. The van der Waals surface area contributed by atoms with E-state index in [-0.39, 0.29) is 22.5 Å². The topological polar surface area (TPSA) is 178 Å². The average molecular weight is 568 g/mol. The summed E-state index contributed by atoms with van der Waals surface area (Å²) in [6, 6.07) is 14.7. The van der Waals surface area contributed by atoms with Crippen molar-refractivity contribution in [3.63, 3.8) is 0 Å². The quantitative estimate of drug-likeness (QED) is 0.199. The molecule has 0 fully saturated rings. The van der Waals surface area contributed by atoms with Gasteiger partial charge in [0.25, 0.3) is 11.3 Å². The minimum absolute atomic E-state index is 0.0323. The lowest BCUT2D eigenvalue weighted by Gasteiger charge is -2.18.